The average molecular weight is 340 g/mol. The molecule has 2 aromatic carbocycles. The highest BCUT2D eigenvalue weighted by Crippen LogP contribution is 2.32. The van der Waals surface area contributed by atoms with Gasteiger partial charge in [-0.15, -0.1) is 0 Å². The van der Waals surface area contributed by atoms with Gasteiger partial charge >= 0.3 is 0 Å². The highest BCUT2D eigenvalue weighted by molar-refractivity contribution is 5.43. The van der Waals surface area contributed by atoms with Crippen molar-refractivity contribution >= 4 is 0 Å². The molecule has 0 heterocycles. The van der Waals surface area contributed by atoms with E-state index < -0.39 is 0 Å². The average Bonchev–Trinajstić information content (AvgIpc) is 3.15. The van der Waals surface area contributed by atoms with Crippen LogP contribution in [0.3, 0.4) is 0 Å². The largest absolute Gasteiger partial charge is 0.490 e. The minimum atomic E-state index is 0.363. The molecule has 0 atom stereocenters. The summed E-state index contributed by atoms with van der Waals surface area (Å²) in [6.45, 7) is 4.76. The maximum Gasteiger partial charge on any atom is 0.161 e. The minimum absolute atomic E-state index is 0.363. The second-order valence-electron chi connectivity index (χ2n) is 6.76. The molecule has 0 aromatic heterocycles. The van der Waals surface area contributed by atoms with Crippen molar-refractivity contribution in [2.75, 3.05) is 13.2 Å². The van der Waals surface area contributed by atoms with E-state index in [1.54, 1.807) is 0 Å². The standard InChI is InChI=1S/C22H29NO2/c1-2-24-22-16-19(12-13-21(22)25-20-10-6-7-11-20)17-23-15-14-18-8-4-3-5-9-18/h3-5,8-9,12-13,16,20,23H,2,6-7,10-11,14-15,17H2,1H3/p+1. The van der Waals surface area contributed by atoms with Crippen LogP contribution in [-0.4, -0.2) is 19.3 Å². The summed E-state index contributed by atoms with van der Waals surface area (Å²) in [5.74, 6) is 1.80. The first-order valence-electron chi connectivity index (χ1n) is 9.63. The van der Waals surface area contributed by atoms with E-state index in [1.807, 2.05) is 6.92 Å². The van der Waals surface area contributed by atoms with E-state index in [-0.39, 0.29) is 0 Å². The SMILES string of the molecule is CCOc1cc(C[NH2+]CCc2ccccc2)ccc1OC1CCCC1. The predicted molar refractivity (Wildman–Crippen MR) is 101 cm³/mol. The highest BCUT2D eigenvalue weighted by atomic mass is 16.5. The molecule has 1 saturated carbocycles. The number of benzene rings is 2. The Balaban J connectivity index is 1.53. The molecule has 3 rings (SSSR count). The van der Waals surface area contributed by atoms with E-state index in [0.29, 0.717) is 12.7 Å². The Morgan fingerprint density at radius 2 is 1.76 bits per heavy atom. The van der Waals surface area contributed by atoms with Crippen LogP contribution >= 0.6 is 0 Å². The summed E-state index contributed by atoms with van der Waals surface area (Å²) in [6.07, 6.45) is 6.36. The summed E-state index contributed by atoms with van der Waals surface area (Å²) in [6, 6.07) is 17.1. The highest BCUT2D eigenvalue weighted by Gasteiger charge is 2.18. The van der Waals surface area contributed by atoms with Crippen molar-refractivity contribution in [3.05, 3.63) is 59.7 Å². The van der Waals surface area contributed by atoms with Crippen LogP contribution in [0, 0.1) is 0 Å². The molecule has 0 spiro atoms. The van der Waals surface area contributed by atoms with E-state index in [1.165, 1.54) is 36.8 Å². The Kier molecular flexibility index (Phi) is 6.75. The van der Waals surface area contributed by atoms with Gasteiger partial charge in [-0.05, 0) is 56.4 Å². The fourth-order valence-electron chi connectivity index (χ4n) is 3.41. The van der Waals surface area contributed by atoms with Crippen LogP contribution in [0.25, 0.3) is 0 Å². The van der Waals surface area contributed by atoms with Gasteiger partial charge in [0.05, 0.1) is 19.3 Å². The van der Waals surface area contributed by atoms with Gasteiger partial charge in [-0.3, -0.25) is 0 Å². The van der Waals surface area contributed by atoms with Crippen molar-refractivity contribution in [3.63, 3.8) is 0 Å². The molecule has 1 aliphatic rings. The molecule has 0 unspecified atom stereocenters. The molecule has 0 aliphatic heterocycles. The molecule has 0 radical (unpaired) electrons. The maximum atomic E-state index is 6.16. The smallest absolute Gasteiger partial charge is 0.161 e. The van der Waals surface area contributed by atoms with E-state index in [9.17, 15) is 0 Å². The number of ether oxygens (including phenoxy) is 2. The number of hydrogen-bond acceptors (Lipinski definition) is 2. The van der Waals surface area contributed by atoms with E-state index in [0.717, 1.165) is 31.0 Å². The van der Waals surface area contributed by atoms with Gasteiger partial charge in [0.1, 0.15) is 6.54 Å². The summed E-state index contributed by atoms with van der Waals surface area (Å²) >= 11 is 0. The first-order chi connectivity index (χ1) is 12.3. The minimum Gasteiger partial charge on any atom is -0.490 e. The van der Waals surface area contributed by atoms with Gasteiger partial charge in [0.25, 0.3) is 0 Å². The Labute approximate surface area is 151 Å². The van der Waals surface area contributed by atoms with Crippen molar-refractivity contribution in [1.82, 2.24) is 0 Å². The molecule has 134 valence electrons. The third-order valence-electron chi connectivity index (χ3n) is 4.76. The number of rotatable bonds is 9. The molecule has 3 heteroatoms. The lowest BCUT2D eigenvalue weighted by molar-refractivity contribution is -0.670. The monoisotopic (exact) mass is 340 g/mol. The van der Waals surface area contributed by atoms with Crippen LogP contribution < -0.4 is 14.8 Å². The van der Waals surface area contributed by atoms with Gasteiger partial charge < -0.3 is 14.8 Å². The predicted octanol–water partition coefficient (Wildman–Crippen LogP) is 3.71. The van der Waals surface area contributed by atoms with Crippen LogP contribution in [0.5, 0.6) is 11.5 Å². The summed E-state index contributed by atoms with van der Waals surface area (Å²) < 4.78 is 12.0. The number of nitrogens with two attached hydrogens (primary N) is 1. The quantitative estimate of drug-likeness (QED) is 0.706. The Hall–Kier alpha value is -2.00. The fraction of sp³-hybridized carbons (Fsp3) is 0.455. The molecule has 0 saturated heterocycles. The lowest BCUT2D eigenvalue weighted by Gasteiger charge is -2.17. The number of hydrogen-bond donors (Lipinski definition) is 1. The molecule has 1 fully saturated rings. The summed E-state index contributed by atoms with van der Waals surface area (Å²) in [5, 5.41) is 2.36. The molecule has 2 N–H and O–H groups in total. The zero-order valence-corrected chi connectivity index (χ0v) is 15.2. The van der Waals surface area contributed by atoms with Crippen LogP contribution in [0.15, 0.2) is 48.5 Å². The summed E-state index contributed by atoms with van der Waals surface area (Å²) in [7, 11) is 0. The van der Waals surface area contributed by atoms with Gasteiger partial charge in [0, 0.05) is 12.0 Å². The second-order valence-corrected chi connectivity index (χ2v) is 6.76. The van der Waals surface area contributed by atoms with Crippen LogP contribution in [0.1, 0.15) is 43.7 Å². The van der Waals surface area contributed by atoms with E-state index >= 15 is 0 Å². The Morgan fingerprint density at radius 3 is 2.52 bits per heavy atom. The third-order valence-corrected chi connectivity index (χ3v) is 4.76. The zero-order valence-electron chi connectivity index (χ0n) is 15.2. The van der Waals surface area contributed by atoms with Crippen molar-refractivity contribution in [1.29, 1.82) is 0 Å². The lowest BCUT2D eigenvalue weighted by atomic mass is 10.1. The molecule has 2 aromatic rings. The lowest BCUT2D eigenvalue weighted by Crippen LogP contribution is -2.83. The normalized spacial score (nSPS) is 14.6. The topological polar surface area (TPSA) is 35.1 Å². The second kappa shape index (κ2) is 9.47. The maximum absolute atomic E-state index is 6.16. The van der Waals surface area contributed by atoms with Gasteiger partial charge in [-0.1, -0.05) is 30.3 Å². The van der Waals surface area contributed by atoms with Crippen LogP contribution in [-0.2, 0) is 13.0 Å². The van der Waals surface area contributed by atoms with E-state index in [2.05, 4.69) is 53.8 Å². The van der Waals surface area contributed by atoms with E-state index in [4.69, 9.17) is 9.47 Å². The Morgan fingerprint density at radius 1 is 0.960 bits per heavy atom. The van der Waals surface area contributed by atoms with Crippen molar-refractivity contribution in [2.24, 2.45) is 0 Å². The van der Waals surface area contributed by atoms with Crippen LogP contribution in [0.2, 0.25) is 0 Å². The van der Waals surface area contributed by atoms with Crippen molar-refractivity contribution in [2.45, 2.75) is 51.7 Å². The third kappa shape index (κ3) is 5.50. The summed E-state index contributed by atoms with van der Waals surface area (Å²) in [5.41, 5.74) is 2.68. The molecular weight excluding hydrogens is 310 g/mol. The van der Waals surface area contributed by atoms with Gasteiger partial charge in [-0.2, -0.15) is 0 Å². The first kappa shape index (κ1) is 17.8. The van der Waals surface area contributed by atoms with Crippen molar-refractivity contribution < 1.29 is 14.8 Å². The van der Waals surface area contributed by atoms with Gasteiger partial charge in [-0.25, -0.2) is 0 Å². The van der Waals surface area contributed by atoms with Crippen molar-refractivity contribution in [3.8, 4) is 11.5 Å². The first-order valence-corrected chi connectivity index (χ1v) is 9.63. The molecule has 25 heavy (non-hydrogen) atoms. The molecule has 0 amide bonds. The van der Waals surface area contributed by atoms with Crippen LogP contribution in [0.4, 0.5) is 0 Å². The molecular formula is C22H30NO2+. The fourth-order valence-corrected chi connectivity index (χ4v) is 3.41. The molecule has 1 aliphatic carbocycles. The molecule has 0 bridgehead atoms. The Bertz CT molecular complexity index is 636. The zero-order chi connectivity index (χ0) is 17.3. The number of quaternary nitrogens is 1. The summed E-state index contributed by atoms with van der Waals surface area (Å²) in [4.78, 5) is 0. The van der Waals surface area contributed by atoms with Gasteiger partial charge in [0.15, 0.2) is 11.5 Å². The van der Waals surface area contributed by atoms with Gasteiger partial charge in [0.2, 0.25) is 0 Å². The molecule has 3 nitrogen and oxygen atoms in total.